The first-order valence-corrected chi connectivity index (χ1v) is 6.25. The number of ether oxygens (including phenoxy) is 2. The Morgan fingerprint density at radius 3 is 2.90 bits per heavy atom. The maximum atomic E-state index is 5.69. The largest absolute Gasteiger partial charge is 0.492 e. The Kier molecular flexibility index (Phi) is 3.45. The summed E-state index contributed by atoms with van der Waals surface area (Å²) in [6, 6.07) is 9.62. The minimum atomic E-state index is 0.527. The van der Waals surface area contributed by atoms with Crippen LogP contribution in [0.5, 0.6) is 11.6 Å². The van der Waals surface area contributed by atoms with Gasteiger partial charge < -0.3 is 9.47 Å². The molecular weight excluding hydrogens is 256 g/mol. The van der Waals surface area contributed by atoms with Gasteiger partial charge in [-0.3, -0.25) is 0 Å². The van der Waals surface area contributed by atoms with Crippen molar-refractivity contribution in [1.29, 1.82) is 0 Å². The molecule has 0 unspecified atom stereocenters. The van der Waals surface area contributed by atoms with E-state index in [4.69, 9.17) is 9.47 Å². The lowest BCUT2D eigenvalue weighted by Gasteiger charge is -2.07. The lowest BCUT2D eigenvalue weighted by atomic mass is 10.2. The highest BCUT2D eigenvalue weighted by atomic mass is 16.5. The van der Waals surface area contributed by atoms with Gasteiger partial charge in [0.1, 0.15) is 25.0 Å². The van der Waals surface area contributed by atoms with Crippen molar-refractivity contribution in [3.63, 3.8) is 0 Å². The summed E-state index contributed by atoms with van der Waals surface area (Å²) in [6.45, 7) is 1.18. The Morgan fingerprint density at radius 2 is 2.10 bits per heavy atom. The molecule has 0 aliphatic heterocycles. The molecule has 0 aliphatic carbocycles. The van der Waals surface area contributed by atoms with Gasteiger partial charge in [-0.1, -0.05) is 0 Å². The molecule has 3 rings (SSSR count). The second-order valence-corrected chi connectivity index (χ2v) is 4.22. The first-order valence-electron chi connectivity index (χ1n) is 6.25. The van der Waals surface area contributed by atoms with Crippen LogP contribution in [0.1, 0.15) is 0 Å². The number of rotatable bonds is 5. The Morgan fingerprint density at radius 1 is 1.20 bits per heavy atom. The highest BCUT2D eigenvalue weighted by Crippen LogP contribution is 2.21. The first-order chi connectivity index (χ1) is 9.85. The fourth-order valence-corrected chi connectivity index (χ4v) is 1.89. The lowest BCUT2D eigenvalue weighted by Crippen LogP contribution is -2.08. The van der Waals surface area contributed by atoms with E-state index in [9.17, 15) is 0 Å². The summed E-state index contributed by atoms with van der Waals surface area (Å²) in [4.78, 5) is 8.26. The van der Waals surface area contributed by atoms with Crippen molar-refractivity contribution < 1.29 is 9.47 Å². The second kappa shape index (κ2) is 5.56. The van der Waals surface area contributed by atoms with Crippen LogP contribution in [-0.4, -0.2) is 33.5 Å². The van der Waals surface area contributed by atoms with Crippen LogP contribution in [0.2, 0.25) is 0 Å². The number of fused-ring (bicyclic) bond motifs is 1. The van der Waals surface area contributed by atoms with Crippen molar-refractivity contribution in [3.8, 4) is 11.6 Å². The van der Waals surface area contributed by atoms with Crippen LogP contribution in [0, 0.1) is 0 Å². The second-order valence-electron chi connectivity index (χ2n) is 4.22. The maximum absolute atomic E-state index is 5.69. The summed E-state index contributed by atoms with van der Waals surface area (Å²) >= 11 is 0. The monoisotopic (exact) mass is 270 g/mol. The van der Waals surface area contributed by atoms with Crippen LogP contribution in [0.25, 0.3) is 10.9 Å². The summed E-state index contributed by atoms with van der Waals surface area (Å²) in [5, 5.41) is 5.07. The van der Waals surface area contributed by atoms with Gasteiger partial charge in [-0.25, -0.2) is 14.6 Å². The minimum absolute atomic E-state index is 0.527. The molecule has 102 valence electrons. The molecular formula is C14H14N4O2. The van der Waals surface area contributed by atoms with Gasteiger partial charge in [0.15, 0.2) is 0 Å². The third-order valence-electron chi connectivity index (χ3n) is 2.90. The Bertz CT molecular complexity index is 697. The molecule has 2 heterocycles. The van der Waals surface area contributed by atoms with Crippen LogP contribution in [-0.2, 0) is 6.54 Å². The van der Waals surface area contributed by atoms with Crippen LogP contribution < -0.4 is 9.47 Å². The van der Waals surface area contributed by atoms with E-state index >= 15 is 0 Å². The van der Waals surface area contributed by atoms with E-state index in [0.717, 1.165) is 16.7 Å². The number of hydrogen-bond acceptors (Lipinski definition) is 5. The van der Waals surface area contributed by atoms with Gasteiger partial charge in [-0.2, -0.15) is 5.10 Å². The molecule has 0 radical (unpaired) electrons. The number of aromatic nitrogens is 4. The normalized spacial score (nSPS) is 10.7. The third kappa shape index (κ3) is 2.69. The molecule has 6 nitrogen and oxygen atoms in total. The number of pyridine rings is 1. The summed E-state index contributed by atoms with van der Waals surface area (Å²) in [7, 11) is 1.60. The van der Waals surface area contributed by atoms with Gasteiger partial charge in [-0.05, 0) is 18.2 Å². The van der Waals surface area contributed by atoms with Gasteiger partial charge in [0.2, 0.25) is 5.88 Å². The molecule has 0 saturated carbocycles. The molecule has 6 heteroatoms. The van der Waals surface area contributed by atoms with Gasteiger partial charge in [0.05, 0.1) is 19.2 Å². The van der Waals surface area contributed by atoms with E-state index in [-0.39, 0.29) is 0 Å². The van der Waals surface area contributed by atoms with E-state index in [1.54, 1.807) is 18.1 Å². The smallest absolute Gasteiger partial charge is 0.213 e. The standard InChI is InChI=1S/C14H14N4O2/c1-19-14-5-3-11-2-4-12(8-13(11)17-14)20-7-6-18-10-15-9-16-18/h2-5,8-10H,6-7H2,1H3. The molecule has 0 amide bonds. The zero-order valence-electron chi connectivity index (χ0n) is 11.1. The zero-order valence-corrected chi connectivity index (χ0v) is 11.1. The van der Waals surface area contributed by atoms with Gasteiger partial charge in [0.25, 0.3) is 0 Å². The van der Waals surface area contributed by atoms with E-state index in [0.29, 0.717) is 19.0 Å². The summed E-state index contributed by atoms with van der Waals surface area (Å²) in [6.07, 6.45) is 3.17. The molecule has 0 N–H and O–H groups in total. The number of hydrogen-bond donors (Lipinski definition) is 0. The lowest BCUT2D eigenvalue weighted by molar-refractivity contribution is 0.291. The zero-order chi connectivity index (χ0) is 13.8. The molecule has 3 aromatic rings. The first kappa shape index (κ1) is 12.4. The molecule has 0 fully saturated rings. The molecule has 0 saturated heterocycles. The third-order valence-corrected chi connectivity index (χ3v) is 2.90. The summed E-state index contributed by atoms with van der Waals surface area (Å²) in [5.74, 6) is 1.37. The molecule has 20 heavy (non-hydrogen) atoms. The fraction of sp³-hybridized carbons (Fsp3) is 0.214. The topological polar surface area (TPSA) is 62.1 Å². The van der Waals surface area contributed by atoms with Crippen LogP contribution in [0.4, 0.5) is 0 Å². The van der Waals surface area contributed by atoms with Crippen molar-refractivity contribution in [2.45, 2.75) is 6.54 Å². The Balaban J connectivity index is 1.71. The van der Waals surface area contributed by atoms with Crippen molar-refractivity contribution in [1.82, 2.24) is 19.7 Å². The molecule has 2 aromatic heterocycles. The molecule has 0 atom stereocenters. The van der Waals surface area contributed by atoms with E-state index in [1.165, 1.54) is 6.33 Å². The SMILES string of the molecule is COc1ccc2ccc(OCCn3cncn3)cc2n1. The van der Waals surface area contributed by atoms with E-state index in [1.807, 2.05) is 30.3 Å². The van der Waals surface area contributed by atoms with Gasteiger partial charge in [0, 0.05) is 17.5 Å². The van der Waals surface area contributed by atoms with Crippen molar-refractivity contribution >= 4 is 10.9 Å². The Hall–Kier alpha value is -2.63. The highest BCUT2D eigenvalue weighted by molar-refractivity contribution is 5.80. The number of nitrogens with zero attached hydrogens (tertiary/aromatic N) is 4. The Labute approximate surface area is 116 Å². The van der Waals surface area contributed by atoms with Crippen LogP contribution in [0.3, 0.4) is 0 Å². The van der Waals surface area contributed by atoms with Crippen molar-refractivity contribution in [2.24, 2.45) is 0 Å². The van der Waals surface area contributed by atoms with Crippen LogP contribution >= 0.6 is 0 Å². The molecule has 0 bridgehead atoms. The van der Waals surface area contributed by atoms with Crippen molar-refractivity contribution in [3.05, 3.63) is 43.0 Å². The molecule has 0 aliphatic rings. The predicted molar refractivity (Wildman–Crippen MR) is 73.8 cm³/mol. The average molecular weight is 270 g/mol. The highest BCUT2D eigenvalue weighted by Gasteiger charge is 2.01. The quantitative estimate of drug-likeness (QED) is 0.708. The van der Waals surface area contributed by atoms with E-state index < -0.39 is 0 Å². The van der Waals surface area contributed by atoms with Gasteiger partial charge >= 0.3 is 0 Å². The van der Waals surface area contributed by atoms with Gasteiger partial charge in [-0.15, -0.1) is 0 Å². The minimum Gasteiger partial charge on any atom is -0.492 e. The van der Waals surface area contributed by atoms with Crippen molar-refractivity contribution in [2.75, 3.05) is 13.7 Å². The van der Waals surface area contributed by atoms with E-state index in [2.05, 4.69) is 15.1 Å². The maximum Gasteiger partial charge on any atom is 0.213 e. The average Bonchev–Trinajstić information content (AvgIpc) is 3.00. The number of methoxy groups -OCH3 is 1. The summed E-state index contributed by atoms with van der Waals surface area (Å²) < 4.78 is 12.5. The summed E-state index contributed by atoms with van der Waals surface area (Å²) in [5.41, 5.74) is 0.850. The van der Waals surface area contributed by atoms with Crippen LogP contribution in [0.15, 0.2) is 43.0 Å². The molecule has 0 spiro atoms. The molecule has 1 aromatic carbocycles. The number of benzene rings is 1. The fourth-order valence-electron chi connectivity index (χ4n) is 1.89. The predicted octanol–water partition coefficient (Wildman–Crippen LogP) is 1.91.